The highest BCUT2D eigenvalue weighted by Crippen LogP contribution is 2.15. The Bertz CT molecular complexity index is 265. The maximum Gasteiger partial charge on any atom is 0.220 e. The van der Waals surface area contributed by atoms with Crippen molar-refractivity contribution < 1.29 is 9.00 Å². The van der Waals surface area contributed by atoms with Gasteiger partial charge in [0.25, 0.3) is 0 Å². The number of hydrogen-bond donors (Lipinski definition) is 2. The highest BCUT2D eigenvalue weighted by molar-refractivity contribution is 7.84. The van der Waals surface area contributed by atoms with Gasteiger partial charge in [0.15, 0.2) is 0 Å². The van der Waals surface area contributed by atoms with Crippen LogP contribution in [0.3, 0.4) is 0 Å². The van der Waals surface area contributed by atoms with Crippen LogP contribution in [0, 0.1) is 5.92 Å². The Kier molecular flexibility index (Phi) is 6.73. The molecule has 1 fully saturated rings. The van der Waals surface area contributed by atoms with E-state index in [4.69, 9.17) is 0 Å². The summed E-state index contributed by atoms with van der Waals surface area (Å²) in [5.41, 5.74) is 0. The Morgan fingerprint density at radius 3 is 2.71 bits per heavy atom. The lowest BCUT2D eigenvalue weighted by atomic mass is 9.94. The Labute approximate surface area is 106 Å². The fourth-order valence-electron chi connectivity index (χ4n) is 2.10. The van der Waals surface area contributed by atoms with E-state index in [0.29, 0.717) is 18.1 Å². The molecule has 2 unspecified atom stereocenters. The lowest BCUT2D eigenvalue weighted by Crippen LogP contribution is -2.36. The lowest BCUT2D eigenvalue weighted by Gasteiger charge is -2.23. The second kappa shape index (κ2) is 7.82. The molecule has 1 heterocycles. The Morgan fingerprint density at radius 1 is 1.47 bits per heavy atom. The number of nitrogens with one attached hydrogen (secondary N) is 2. The molecule has 0 saturated carbocycles. The summed E-state index contributed by atoms with van der Waals surface area (Å²) in [4.78, 5) is 11.8. The van der Waals surface area contributed by atoms with Crippen molar-refractivity contribution in [2.24, 2.45) is 5.92 Å². The van der Waals surface area contributed by atoms with Gasteiger partial charge in [-0.2, -0.15) is 0 Å². The normalized spacial score (nSPS) is 20.8. The Morgan fingerprint density at radius 2 is 2.12 bits per heavy atom. The van der Waals surface area contributed by atoms with E-state index in [1.165, 1.54) is 0 Å². The van der Waals surface area contributed by atoms with Gasteiger partial charge < -0.3 is 10.6 Å². The number of piperidine rings is 1. The number of hydrogen-bond acceptors (Lipinski definition) is 3. The van der Waals surface area contributed by atoms with E-state index < -0.39 is 10.8 Å². The number of carbonyl (C=O) groups excluding carboxylic acids is 1. The van der Waals surface area contributed by atoms with E-state index in [-0.39, 0.29) is 11.9 Å². The molecule has 0 aromatic rings. The molecule has 1 aliphatic rings. The van der Waals surface area contributed by atoms with Crippen molar-refractivity contribution in [2.45, 2.75) is 38.6 Å². The molecule has 0 aromatic carbocycles. The number of carbonyl (C=O) groups is 1. The molecule has 17 heavy (non-hydrogen) atoms. The van der Waals surface area contributed by atoms with E-state index >= 15 is 0 Å². The van der Waals surface area contributed by atoms with Gasteiger partial charge in [0.2, 0.25) is 5.91 Å². The molecule has 2 N–H and O–H groups in total. The van der Waals surface area contributed by atoms with Crippen LogP contribution in [0.25, 0.3) is 0 Å². The van der Waals surface area contributed by atoms with E-state index in [0.717, 1.165) is 32.4 Å². The molecular weight excluding hydrogens is 236 g/mol. The quantitative estimate of drug-likeness (QED) is 0.737. The largest absolute Gasteiger partial charge is 0.354 e. The molecular formula is C12H24N2O2S. The third-order valence-electron chi connectivity index (χ3n) is 3.18. The minimum absolute atomic E-state index is 0.133. The fourth-order valence-corrected chi connectivity index (χ4v) is 2.78. The average molecular weight is 260 g/mol. The maximum absolute atomic E-state index is 11.8. The molecule has 1 amide bonds. The summed E-state index contributed by atoms with van der Waals surface area (Å²) in [5.74, 6) is 1.34. The molecule has 100 valence electrons. The summed E-state index contributed by atoms with van der Waals surface area (Å²) in [6, 6.07) is 0.133. The smallest absolute Gasteiger partial charge is 0.220 e. The Balaban J connectivity index is 2.16. The molecule has 0 radical (unpaired) electrons. The first-order valence-corrected chi connectivity index (χ1v) is 8.10. The van der Waals surface area contributed by atoms with Crippen LogP contribution < -0.4 is 10.6 Å². The van der Waals surface area contributed by atoms with Gasteiger partial charge in [-0.25, -0.2) is 0 Å². The standard InChI is InChI=1S/C12H24N2O2S/c1-10(5-8-17(2)16)14-12(15)9-11-3-6-13-7-4-11/h10-11,13H,3-9H2,1-2H3,(H,14,15). The van der Waals surface area contributed by atoms with Crippen LogP contribution in [0.5, 0.6) is 0 Å². The molecule has 4 nitrogen and oxygen atoms in total. The summed E-state index contributed by atoms with van der Waals surface area (Å²) in [6.45, 7) is 4.04. The van der Waals surface area contributed by atoms with Crippen LogP contribution in [0.4, 0.5) is 0 Å². The molecule has 0 aliphatic carbocycles. The zero-order valence-electron chi connectivity index (χ0n) is 10.8. The van der Waals surface area contributed by atoms with Crippen LogP contribution in [-0.4, -0.2) is 41.3 Å². The molecule has 1 aliphatic heterocycles. The van der Waals surface area contributed by atoms with Crippen molar-refractivity contribution in [3.05, 3.63) is 0 Å². The highest BCUT2D eigenvalue weighted by atomic mass is 32.2. The summed E-state index contributed by atoms with van der Waals surface area (Å²) >= 11 is 0. The predicted molar refractivity (Wildman–Crippen MR) is 71.4 cm³/mol. The van der Waals surface area contributed by atoms with E-state index in [9.17, 15) is 9.00 Å². The minimum Gasteiger partial charge on any atom is -0.354 e. The van der Waals surface area contributed by atoms with Gasteiger partial charge in [-0.1, -0.05) is 0 Å². The lowest BCUT2D eigenvalue weighted by molar-refractivity contribution is -0.122. The van der Waals surface area contributed by atoms with Crippen LogP contribution in [0.1, 0.15) is 32.6 Å². The van der Waals surface area contributed by atoms with E-state index in [2.05, 4.69) is 10.6 Å². The summed E-state index contributed by atoms with van der Waals surface area (Å²) in [7, 11) is -0.767. The van der Waals surface area contributed by atoms with Crippen LogP contribution >= 0.6 is 0 Å². The molecule has 5 heteroatoms. The van der Waals surface area contributed by atoms with Crippen molar-refractivity contribution in [2.75, 3.05) is 25.1 Å². The van der Waals surface area contributed by atoms with E-state index in [1.807, 2.05) is 6.92 Å². The van der Waals surface area contributed by atoms with Crippen LogP contribution in [0.15, 0.2) is 0 Å². The van der Waals surface area contributed by atoms with Crippen molar-refractivity contribution >= 4 is 16.7 Å². The number of rotatable bonds is 6. The molecule has 2 atom stereocenters. The molecule has 0 spiro atoms. The van der Waals surface area contributed by atoms with Crippen molar-refractivity contribution in [1.82, 2.24) is 10.6 Å². The zero-order chi connectivity index (χ0) is 12.7. The monoisotopic (exact) mass is 260 g/mol. The minimum atomic E-state index is -0.767. The molecule has 1 saturated heterocycles. The molecule has 1 rings (SSSR count). The number of amides is 1. The predicted octanol–water partition coefficient (Wildman–Crippen LogP) is 0.649. The van der Waals surface area contributed by atoms with E-state index in [1.54, 1.807) is 6.26 Å². The third kappa shape index (κ3) is 6.78. The highest BCUT2D eigenvalue weighted by Gasteiger charge is 2.17. The van der Waals surface area contributed by atoms with Gasteiger partial charge in [0.05, 0.1) is 0 Å². The summed E-state index contributed by atoms with van der Waals surface area (Å²) in [6.07, 6.45) is 5.33. The van der Waals surface area contributed by atoms with Crippen molar-refractivity contribution in [3.63, 3.8) is 0 Å². The zero-order valence-corrected chi connectivity index (χ0v) is 11.6. The summed E-state index contributed by atoms with van der Waals surface area (Å²) in [5, 5.41) is 6.28. The van der Waals surface area contributed by atoms with Crippen molar-refractivity contribution in [3.8, 4) is 0 Å². The SMILES string of the molecule is CC(CCS(C)=O)NC(=O)CC1CCNCC1. The van der Waals surface area contributed by atoms with Gasteiger partial charge >= 0.3 is 0 Å². The second-order valence-electron chi connectivity index (χ2n) is 4.93. The average Bonchev–Trinajstić information content (AvgIpc) is 2.27. The van der Waals surface area contributed by atoms with Gasteiger partial charge in [0, 0.05) is 35.3 Å². The van der Waals surface area contributed by atoms with Gasteiger partial charge in [-0.05, 0) is 45.2 Å². The first-order chi connectivity index (χ1) is 8.08. The van der Waals surface area contributed by atoms with Crippen molar-refractivity contribution in [1.29, 1.82) is 0 Å². The second-order valence-corrected chi connectivity index (χ2v) is 6.49. The van der Waals surface area contributed by atoms with Gasteiger partial charge in [-0.3, -0.25) is 9.00 Å². The first-order valence-electron chi connectivity index (χ1n) is 6.38. The Hall–Kier alpha value is -0.420. The molecule has 0 aromatic heterocycles. The van der Waals surface area contributed by atoms with Crippen LogP contribution in [-0.2, 0) is 15.6 Å². The van der Waals surface area contributed by atoms with Gasteiger partial charge in [0.1, 0.15) is 0 Å². The first kappa shape index (κ1) is 14.6. The van der Waals surface area contributed by atoms with Gasteiger partial charge in [-0.15, -0.1) is 0 Å². The molecule has 0 bridgehead atoms. The topological polar surface area (TPSA) is 58.2 Å². The fraction of sp³-hybridized carbons (Fsp3) is 0.917. The summed E-state index contributed by atoms with van der Waals surface area (Å²) < 4.78 is 10.9. The third-order valence-corrected chi connectivity index (χ3v) is 3.99. The van der Waals surface area contributed by atoms with Crippen LogP contribution in [0.2, 0.25) is 0 Å². The maximum atomic E-state index is 11.8.